The summed E-state index contributed by atoms with van der Waals surface area (Å²) < 4.78 is 22.3. The monoisotopic (exact) mass is 372 g/mol. The molecule has 0 fully saturated rings. The van der Waals surface area contributed by atoms with Gasteiger partial charge in [-0.25, -0.2) is 9.97 Å². The van der Waals surface area contributed by atoms with Crippen LogP contribution in [-0.4, -0.2) is 24.2 Å². The molecule has 0 aliphatic rings. The van der Waals surface area contributed by atoms with Crippen molar-refractivity contribution in [2.24, 2.45) is 0 Å². The minimum absolute atomic E-state index is 0.108. The molecule has 7 heteroatoms. The lowest BCUT2D eigenvalue weighted by Gasteiger charge is -2.15. The van der Waals surface area contributed by atoms with E-state index in [0.717, 1.165) is 22.3 Å². The number of aryl methyl sites for hydroxylation is 2. The normalized spacial score (nSPS) is 12.0. The van der Waals surface area contributed by atoms with Crippen molar-refractivity contribution in [3.63, 3.8) is 0 Å². The summed E-state index contributed by atoms with van der Waals surface area (Å²) in [6, 6.07) is 4.00. The molecule has 1 aromatic carbocycles. The van der Waals surface area contributed by atoms with Gasteiger partial charge < -0.3 is 9.05 Å². The van der Waals surface area contributed by atoms with Crippen LogP contribution in [0.5, 0.6) is 0 Å². The molecular weight excluding hydrogens is 355 g/mol. The highest BCUT2D eigenvalue weighted by Gasteiger charge is 2.25. The van der Waals surface area contributed by atoms with Crippen LogP contribution >= 0.6 is 23.5 Å². The lowest BCUT2D eigenvalue weighted by molar-refractivity contribution is 0.274. The molecule has 0 aliphatic carbocycles. The van der Waals surface area contributed by atoms with Crippen molar-refractivity contribution in [3.8, 4) is 0 Å². The number of alkyl halides is 1. The van der Waals surface area contributed by atoms with E-state index in [0.29, 0.717) is 11.0 Å². The van der Waals surface area contributed by atoms with Crippen molar-refractivity contribution < 1.29 is 13.6 Å². The molecule has 0 N–H and O–H groups in total. The second-order valence-corrected chi connectivity index (χ2v) is 7.64. The predicted octanol–water partition coefficient (Wildman–Crippen LogP) is 4.13. The Bertz CT molecular complexity index is 713. The van der Waals surface area contributed by atoms with Gasteiger partial charge in [0, 0.05) is 19.5 Å². The number of nitrogens with zero attached hydrogens (tertiary/aromatic N) is 2. The summed E-state index contributed by atoms with van der Waals surface area (Å²) in [5, 5.41) is 0.533. The number of benzene rings is 1. The third-order valence-corrected chi connectivity index (χ3v) is 5.79. The number of hydrogen-bond donors (Lipinski definition) is 0. The summed E-state index contributed by atoms with van der Waals surface area (Å²) in [5.41, 5.74) is 5.33. The first-order chi connectivity index (χ1) is 9.92. The van der Waals surface area contributed by atoms with Crippen LogP contribution in [0.15, 0.2) is 12.1 Å². The maximum atomic E-state index is 12.3. The molecule has 0 saturated carbocycles. The minimum Gasteiger partial charge on any atom is -0.312 e. The summed E-state index contributed by atoms with van der Waals surface area (Å²) in [4.78, 5) is 9.21. The summed E-state index contributed by atoms with van der Waals surface area (Å²) >= 11 is 3.40. The zero-order valence-electron chi connectivity index (χ0n) is 12.5. The van der Waals surface area contributed by atoms with E-state index in [4.69, 9.17) is 9.05 Å². The molecule has 0 spiro atoms. The number of fused-ring (bicyclic) bond motifs is 1. The topological polar surface area (TPSA) is 61.3 Å². The van der Waals surface area contributed by atoms with Gasteiger partial charge in [0.25, 0.3) is 0 Å². The molecule has 0 radical (unpaired) electrons. The molecule has 5 nitrogen and oxygen atoms in total. The van der Waals surface area contributed by atoms with E-state index in [2.05, 4.69) is 25.9 Å². The van der Waals surface area contributed by atoms with Gasteiger partial charge in [-0.3, -0.25) is 4.57 Å². The molecule has 21 heavy (non-hydrogen) atoms. The average Bonchev–Trinajstić information content (AvgIpc) is 2.48. The van der Waals surface area contributed by atoms with E-state index in [1.54, 1.807) is 0 Å². The molecule has 0 unspecified atom stereocenters. The summed E-state index contributed by atoms with van der Waals surface area (Å²) in [5.74, 6) is 0. The van der Waals surface area contributed by atoms with Gasteiger partial charge in [0.2, 0.25) is 0 Å². The van der Waals surface area contributed by atoms with E-state index >= 15 is 0 Å². The maximum absolute atomic E-state index is 12.3. The summed E-state index contributed by atoms with van der Waals surface area (Å²) in [6.07, 6.45) is 0.108. The van der Waals surface area contributed by atoms with Gasteiger partial charge >= 0.3 is 7.60 Å². The molecule has 0 atom stereocenters. The van der Waals surface area contributed by atoms with Crippen LogP contribution in [0.25, 0.3) is 11.0 Å². The van der Waals surface area contributed by atoms with Gasteiger partial charge in [-0.1, -0.05) is 15.9 Å². The van der Waals surface area contributed by atoms with Crippen LogP contribution in [0, 0.1) is 13.8 Å². The van der Waals surface area contributed by atoms with Crippen molar-refractivity contribution in [3.05, 3.63) is 34.6 Å². The maximum Gasteiger partial charge on any atom is 0.336 e. The van der Waals surface area contributed by atoms with Crippen molar-refractivity contribution >= 4 is 34.6 Å². The SMILES string of the molecule is COP(=O)(Cc1nc2cc(C)c(C)cc2nc1CBr)OC. The van der Waals surface area contributed by atoms with Gasteiger partial charge in [0.15, 0.2) is 0 Å². The Labute approximate surface area is 132 Å². The third-order valence-electron chi connectivity index (χ3n) is 3.46. The highest BCUT2D eigenvalue weighted by Crippen LogP contribution is 2.49. The lowest BCUT2D eigenvalue weighted by atomic mass is 10.1. The van der Waals surface area contributed by atoms with Crippen molar-refractivity contribution in [1.29, 1.82) is 0 Å². The van der Waals surface area contributed by atoms with Crippen LogP contribution in [0.3, 0.4) is 0 Å². The second-order valence-electron chi connectivity index (χ2n) is 4.81. The quantitative estimate of drug-likeness (QED) is 0.583. The Kier molecular flexibility index (Phi) is 5.15. The zero-order chi connectivity index (χ0) is 15.6. The first-order valence-electron chi connectivity index (χ1n) is 6.45. The molecule has 0 aliphatic heterocycles. The minimum atomic E-state index is -3.17. The first-order valence-corrected chi connectivity index (χ1v) is 9.30. The smallest absolute Gasteiger partial charge is 0.312 e. The Morgan fingerprint density at radius 2 is 1.52 bits per heavy atom. The molecule has 0 saturated heterocycles. The van der Waals surface area contributed by atoms with E-state index < -0.39 is 7.60 Å². The zero-order valence-corrected chi connectivity index (χ0v) is 15.0. The number of aromatic nitrogens is 2. The Morgan fingerprint density at radius 3 is 1.95 bits per heavy atom. The molecular formula is C14H18BrN2O3P. The standard InChI is InChI=1S/C14H18BrN2O3P/c1-9-5-11-12(6-10(9)2)17-14(13(7-15)16-11)8-21(18,19-3)20-4/h5-6H,7-8H2,1-4H3. The van der Waals surface area contributed by atoms with Crippen LogP contribution in [0.1, 0.15) is 22.5 Å². The van der Waals surface area contributed by atoms with Crippen LogP contribution < -0.4 is 0 Å². The average molecular weight is 373 g/mol. The number of hydrogen-bond acceptors (Lipinski definition) is 5. The third kappa shape index (κ3) is 3.51. The van der Waals surface area contributed by atoms with E-state index in [1.165, 1.54) is 19.8 Å². The molecule has 1 aromatic heterocycles. The van der Waals surface area contributed by atoms with Gasteiger partial charge in [0.1, 0.15) is 0 Å². The van der Waals surface area contributed by atoms with Gasteiger partial charge in [-0.05, 0) is 37.1 Å². The Balaban J connectivity index is 2.57. The fraction of sp³-hybridized carbons (Fsp3) is 0.429. The molecule has 114 valence electrons. The lowest BCUT2D eigenvalue weighted by Crippen LogP contribution is -2.04. The number of rotatable bonds is 5. The first kappa shape index (κ1) is 16.6. The van der Waals surface area contributed by atoms with Gasteiger partial charge in [0.05, 0.1) is 28.6 Å². The van der Waals surface area contributed by atoms with E-state index in [1.807, 2.05) is 26.0 Å². The Morgan fingerprint density at radius 1 is 1.05 bits per heavy atom. The van der Waals surface area contributed by atoms with Gasteiger partial charge in [-0.15, -0.1) is 0 Å². The van der Waals surface area contributed by atoms with E-state index in [-0.39, 0.29) is 6.16 Å². The molecule has 0 amide bonds. The molecule has 0 bridgehead atoms. The Hall–Kier alpha value is -0.810. The van der Waals surface area contributed by atoms with Crippen LogP contribution in [-0.2, 0) is 25.1 Å². The highest BCUT2D eigenvalue weighted by atomic mass is 79.9. The summed E-state index contributed by atoms with van der Waals surface area (Å²) in [7, 11) is -0.416. The molecule has 2 aromatic rings. The van der Waals surface area contributed by atoms with E-state index in [9.17, 15) is 4.57 Å². The van der Waals surface area contributed by atoms with Gasteiger partial charge in [-0.2, -0.15) is 0 Å². The van der Waals surface area contributed by atoms with Crippen molar-refractivity contribution in [1.82, 2.24) is 9.97 Å². The fourth-order valence-corrected chi connectivity index (χ4v) is 3.48. The molecule has 2 rings (SSSR count). The van der Waals surface area contributed by atoms with Crippen LogP contribution in [0.2, 0.25) is 0 Å². The van der Waals surface area contributed by atoms with Crippen LogP contribution in [0.4, 0.5) is 0 Å². The summed E-state index contributed by atoms with van der Waals surface area (Å²) in [6.45, 7) is 4.08. The number of halogens is 1. The van der Waals surface area contributed by atoms with Crippen molar-refractivity contribution in [2.45, 2.75) is 25.3 Å². The fourth-order valence-electron chi connectivity index (χ4n) is 2.01. The largest absolute Gasteiger partial charge is 0.336 e. The van der Waals surface area contributed by atoms with Crippen molar-refractivity contribution in [2.75, 3.05) is 14.2 Å². The predicted molar refractivity (Wildman–Crippen MR) is 87.0 cm³/mol. The highest BCUT2D eigenvalue weighted by molar-refractivity contribution is 9.08. The second kappa shape index (κ2) is 6.53. The molecule has 1 heterocycles.